The zero-order chi connectivity index (χ0) is 13.1. The summed E-state index contributed by atoms with van der Waals surface area (Å²) in [5, 5.41) is 8.40. The lowest BCUT2D eigenvalue weighted by atomic mass is 9.96. The molecular formula is C8H9F5O3. The third-order valence-electron chi connectivity index (χ3n) is 1.91. The van der Waals surface area contributed by atoms with E-state index < -0.39 is 36.2 Å². The lowest BCUT2D eigenvalue weighted by Crippen LogP contribution is -2.40. The predicted molar refractivity (Wildman–Crippen MR) is 42.0 cm³/mol. The number of alkyl halides is 5. The summed E-state index contributed by atoms with van der Waals surface area (Å²) < 4.78 is 59.9. The fourth-order valence-electron chi connectivity index (χ4n) is 0.982. The first-order valence-corrected chi connectivity index (χ1v) is 4.23. The van der Waals surface area contributed by atoms with Crippen molar-refractivity contribution in [2.45, 2.75) is 31.9 Å². The number of rotatable bonds is 5. The van der Waals surface area contributed by atoms with Gasteiger partial charge in [-0.25, -0.2) is 0 Å². The van der Waals surface area contributed by atoms with E-state index in [-0.39, 0.29) is 6.42 Å². The summed E-state index contributed by atoms with van der Waals surface area (Å²) in [5.41, 5.74) is 0. The molecular weight excluding hydrogens is 239 g/mol. The lowest BCUT2D eigenvalue weighted by molar-refractivity contribution is -0.282. The van der Waals surface area contributed by atoms with Gasteiger partial charge in [0.2, 0.25) is 0 Å². The maximum atomic E-state index is 12.4. The number of hydrogen-bond acceptors (Lipinski definition) is 2. The Morgan fingerprint density at radius 3 is 1.88 bits per heavy atom. The number of halogens is 5. The first-order valence-electron chi connectivity index (χ1n) is 4.23. The van der Waals surface area contributed by atoms with Gasteiger partial charge in [-0.3, -0.25) is 9.59 Å². The Balaban J connectivity index is 4.74. The SMILES string of the molecule is CCC(C(=O)O)C(=O)CC(F)(F)C(F)(F)F. The van der Waals surface area contributed by atoms with Gasteiger partial charge < -0.3 is 5.11 Å². The van der Waals surface area contributed by atoms with Crippen LogP contribution >= 0.6 is 0 Å². The van der Waals surface area contributed by atoms with Crippen LogP contribution in [0.1, 0.15) is 19.8 Å². The van der Waals surface area contributed by atoms with E-state index in [9.17, 15) is 31.5 Å². The van der Waals surface area contributed by atoms with Gasteiger partial charge in [0, 0.05) is 0 Å². The molecule has 16 heavy (non-hydrogen) atoms. The molecule has 1 atom stereocenters. The number of carboxylic acids is 1. The number of ketones is 1. The summed E-state index contributed by atoms with van der Waals surface area (Å²) in [4.78, 5) is 21.3. The fourth-order valence-corrected chi connectivity index (χ4v) is 0.982. The predicted octanol–water partition coefficient (Wildman–Crippen LogP) is 2.25. The van der Waals surface area contributed by atoms with Crippen LogP contribution in [-0.2, 0) is 9.59 Å². The summed E-state index contributed by atoms with van der Waals surface area (Å²) in [6.45, 7) is 1.21. The Morgan fingerprint density at radius 2 is 1.62 bits per heavy atom. The van der Waals surface area contributed by atoms with Crippen LogP contribution in [-0.4, -0.2) is 29.0 Å². The van der Waals surface area contributed by atoms with Crippen LogP contribution in [0.25, 0.3) is 0 Å². The number of carbonyl (C=O) groups is 2. The average molecular weight is 248 g/mol. The van der Waals surface area contributed by atoms with Crippen LogP contribution in [0.5, 0.6) is 0 Å². The molecule has 0 aromatic heterocycles. The molecule has 0 fully saturated rings. The van der Waals surface area contributed by atoms with Crippen LogP contribution in [0.2, 0.25) is 0 Å². The molecule has 8 heteroatoms. The van der Waals surface area contributed by atoms with Crippen LogP contribution in [0.15, 0.2) is 0 Å². The first-order chi connectivity index (χ1) is 7.03. The largest absolute Gasteiger partial charge is 0.481 e. The molecule has 1 unspecified atom stereocenters. The normalized spacial score (nSPS) is 14.6. The van der Waals surface area contributed by atoms with Crippen molar-refractivity contribution in [2.75, 3.05) is 0 Å². The molecule has 0 amide bonds. The van der Waals surface area contributed by atoms with E-state index in [1.807, 2.05) is 0 Å². The summed E-state index contributed by atoms with van der Waals surface area (Å²) in [6.07, 6.45) is -8.32. The molecule has 0 saturated carbocycles. The van der Waals surface area contributed by atoms with Crippen molar-refractivity contribution in [1.29, 1.82) is 0 Å². The van der Waals surface area contributed by atoms with Gasteiger partial charge in [-0.1, -0.05) is 6.92 Å². The number of aliphatic carboxylic acids is 1. The molecule has 0 rings (SSSR count). The second-order valence-corrected chi connectivity index (χ2v) is 3.14. The topological polar surface area (TPSA) is 54.4 Å². The van der Waals surface area contributed by atoms with Crippen molar-refractivity contribution >= 4 is 11.8 Å². The van der Waals surface area contributed by atoms with E-state index in [4.69, 9.17) is 5.11 Å². The Hall–Kier alpha value is -1.21. The monoisotopic (exact) mass is 248 g/mol. The number of hydrogen-bond donors (Lipinski definition) is 1. The average Bonchev–Trinajstić information content (AvgIpc) is 2.00. The van der Waals surface area contributed by atoms with Crippen molar-refractivity contribution in [2.24, 2.45) is 5.92 Å². The molecule has 0 aliphatic carbocycles. The molecule has 1 N–H and O–H groups in total. The molecule has 0 aromatic carbocycles. The van der Waals surface area contributed by atoms with Gasteiger partial charge >= 0.3 is 18.1 Å². The Morgan fingerprint density at radius 1 is 1.19 bits per heavy atom. The number of carboxylic acid groups (broad SMARTS) is 1. The highest BCUT2D eigenvalue weighted by molar-refractivity contribution is 5.98. The Bertz CT molecular complexity index is 284. The quantitative estimate of drug-likeness (QED) is 0.599. The maximum Gasteiger partial charge on any atom is 0.453 e. The van der Waals surface area contributed by atoms with Gasteiger partial charge in [0.15, 0.2) is 5.78 Å². The highest BCUT2D eigenvalue weighted by atomic mass is 19.4. The minimum atomic E-state index is -5.85. The molecule has 3 nitrogen and oxygen atoms in total. The van der Waals surface area contributed by atoms with Crippen LogP contribution in [0.3, 0.4) is 0 Å². The summed E-state index contributed by atoms with van der Waals surface area (Å²) in [5.74, 6) is -10.3. The molecule has 0 bridgehead atoms. The molecule has 0 spiro atoms. The fraction of sp³-hybridized carbons (Fsp3) is 0.750. The van der Waals surface area contributed by atoms with Gasteiger partial charge in [-0.15, -0.1) is 0 Å². The number of Topliss-reactive ketones (excluding diaryl/α,β-unsaturated/α-hetero) is 1. The minimum Gasteiger partial charge on any atom is -0.481 e. The Kier molecular flexibility index (Phi) is 4.39. The van der Waals surface area contributed by atoms with E-state index >= 15 is 0 Å². The molecule has 0 aliphatic heterocycles. The first kappa shape index (κ1) is 14.8. The van der Waals surface area contributed by atoms with E-state index in [0.717, 1.165) is 0 Å². The highest BCUT2D eigenvalue weighted by Crippen LogP contribution is 2.38. The summed E-state index contributed by atoms with van der Waals surface area (Å²) in [6, 6.07) is 0. The van der Waals surface area contributed by atoms with Crippen molar-refractivity contribution in [3.05, 3.63) is 0 Å². The molecule has 0 aromatic rings. The van der Waals surface area contributed by atoms with Gasteiger partial charge in [0.25, 0.3) is 0 Å². The molecule has 0 radical (unpaired) electrons. The van der Waals surface area contributed by atoms with E-state index in [0.29, 0.717) is 0 Å². The van der Waals surface area contributed by atoms with Gasteiger partial charge in [-0.05, 0) is 6.42 Å². The standard InChI is InChI=1S/C8H9F5O3/c1-2-4(6(15)16)5(14)3-7(9,10)8(11,12)13/h4H,2-3H2,1H3,(H,15,16). The van der Waals surface area contributed by atoms with Gasteiger partial charge in [-0.2, -0.15) is 22.0 Å². The van der Waals surface area contributed by atoms with E-state index in [1.54, 1.807) is 0 Å². The second kappa shape index (κ2) is 4.75. The summed E-state index contributed by atoms with van der Waals surface area (Å²) in [7, 11) is 0. The van der Waals surface area contributed by atoms with Crippen molar-refractivity contribution in [3.63, 3.8) is 0 Å². The second-order valence-electron chi connectivity index (χ2n) is 3.14. The molecule has 0 saturated heterocycles. The maximum absolute atomic E-state index is 12.4. The third-order valence-corrected chi connectivity index (χ3v) is 1.91. The zero-order valence-electron chi connectivity index (χ0n) is 8.15. The van der Waals surface area contributed by atoms with Crippen LogP contribution in [0.4, 0.5) is 22.0 Å². The zero-order valence-corrected chi connectivity index (χ0v) is 8.15. The summed E-state index contributed by atoms with van der Waals surface area (Å²) >= 11 is 0. The van der Waals surface area contributed by atoms with Crippen molar-refractivity contribution in [3.8, 4) is 0 Å². The van der Waals surface area contributed by atoms with Gasteiger partial charge in [0.1, 0.15) is 5.92 Å². The lowest BCUT2D eigenvalue weighted by Gasteiger charge is -2.20. The van der Waals surface area contributed by atoms with Crippen molar-refractivity contribution in [1.82, 2.24) is 0 Å². The third kappa shape index (κ3) is 3.42. The number of carbonyl (C=O) groups excluding carboxylic acids is 1. The smallest absolute Gasteiger partial charge is 0.453 e. The molecule has 94 valence electrons. The van der Waals surface area contributed by atoms with Gasteiger partial charge in [0.05, 0.1) is 6.42 Å². The van der Waals surface area contributed by atoms with Crippen LogP contribution in [0, 0.1) is 5.92 Å². The molecule has 0 aliphatic rings. The minimum absolute atomic E-state index is 0.331. The molecule has 0 heterocycles. The van der Waals surface area contributed by atoms with E-state index in [2.05, 4.69) is 0 Å². The Labute approximate surface area is 87.2 Å². The van der Waals surface area contributed by atoms with E-state index in [1.165, 1.54) is 6.92 Å². The van der Waals surface area contributed by atoms with Crippen molar-refractivity contribution < 1.29 is 36.6 Å². The highest BCUT2D eigenvalue weighted by Gasteiger charge is 2.58. The van der Waals surface area contributed by atoms with Crippen LogP contribution < -0.4 is 0 Å².